The Balaban J connectivity index is 1.65. The number of rotatable bonds is 7. The zero-order valence-electron chi connectivity index (χ0n) is 15.8. The molecule has 0 radical (unpaired) electrons. The van der Waals surface area contributed by atoms with Crippen molar-refractivity contribution < 1.29 is 17.9 Å². The number of amides is 1. The van der Waals surface area contributed by atoms with Crippen molar-refractivity contribution in [1.29, 1.82) is 0 Å². The maximum atomic E-state index is 12.5. The van der Waals surface area contributed by atoms with E-state index in [9.17, 15) is 13.2 Å². The average molecular weight is 411 g/mol. The van der Waals surface area contributed by atoms with Gasteiger partial charge in [-0.15, -0.1) is 0 Å². The number of ether oxygens (including phenoxy) is 1. The average Bonchev–Trinajstić information content (AvgIpc) is 2.71. The van der Waals surface area contributed by atoms with Crippen molar-refractivity contribution in [3.63, 3.8) is 0 Å². The topological polar surface area (TPSA) is 111 Å². The lowest BCUT2D eigenvalue weighted by Crippen LogP contribution is -2.24. The molecule has 3 N–H and O–H groups in total. The Hall–Kier alpha value is -3.23. The molecule has 0 unspecified atom stereocenters. The van der Waals surface area contributed by atoms with Crippen molar-refractivity contribution >= 4 is 15.9 Å². The number of pyridine rings is 1. The van der Waals surface area contributed by atoms with Crippen LogP contribution in [0, 0.1) is 6.92 Å². The van der Waals surface area contributed by atoms with Crippen LogP contribution in [0.15, 0.2) is 71.8 Å². The molecule has 1 heterocycles. The Morgan fingerprint density at radius 2 is 1.93 bits per heavy atom. The maximum Gasteiger partial charge on any atom is 0.251 e. The third-order valence-electron chi connectivity index (χ3n) is 4.25. The van der Waals surface area contributed by atoms with Crippen molar-refractivity contribution in [3.05, 3.63) is 89.2 Å². The van der Waals surface area contributed by atoms with E-state index in [1.807, 2.05) is 42.5 Å². The number of aryl methyl sites for hydroxylation is 1. The Labute approximate surface area is 169 Å². The van der Waals surface area contributed by atoms with E-state index in [4.69, 9.17) is 9.88 Å². The molecule has 150 valence electrons. The molecule has 0 aliphatic carbocycles. The second-order valence-corrected chi connectivity index (χ2v) is 8.02. The molecule has 29 heavy (non-hydrogen) atoms. The lowest BCUT2D eigenvalue weighted by molar-refractivity contribution is 0.0950. The van der Waals surface area contributed by atoms with E-state index in [2.05, 4.69) is 10.3 Å². The second kappa shape index (κ2) is 8.85. The minimum atomic E-state index is -3.88. The Kier molecular flexibility index (Phi) is 6.26. The number of carbonyl (C=O) groups is 1. The number of hydrogen-bond donors (Lipinski definition) is 2. The standard InChI is InChI=1S/C21H21N3O4S/c1-15-8-9-19(29(22,26)27)12-20(15)21(25)24-13-16-5-4-7-18(11-16)28-14-17-6-2-3-10-23-17/h2-12H,13-14H2,1H3,(H,24,25)(H2,22,26,27). The maximum absolute atomic E-state index is 12.5. The Morgan fingerprint density at radius 1 is 1.10 bits per heavy atom. The number of hydrogen-bond acceptors (Lipinski definition) is 5. The highest BCUT2D eigenvalue weighted by atomic mass is 32.2. The first-order valence-electron chi connectivity index (χ1n) is 8.86. The van der Waals surface area contributed by atoms with Gasteiger partial charge in [0.25, 0.3) is 5.91 Å². The SMILES string of the molecule is Cc1ccc(S(N)(=O)=O)cc1C(=O)NCc1cccc(OCc2ccccn2)c1. The van der Waals surface area contributed by atoms with E-state index < -0.39 is 10.0 Å². The Bertz CT molecular complexity index is 1120. The third-order valence-corrected chi connectivity index (χ3v) is 5.16. The molecule has 1 amide bonds. The van der Waals surface area contributed by atoms with Crippen molar-refractivity contribution in [2.24, 2.45) is 5.14 Å². The molecular formula is C21H21N3O4S. The highest BCUT2D eigenvalue weighted by molar-refractivity contribution is 7.89. The van der Waals surface area contributed by atoms with Gasteiger partial charge in [0.05, 0.1) is 10.6 Å². The quantitative estimate of drug-likeness (QED) is 0.621. The van der Waals surface area contributed by atoms with Crippen LogP contribution < -0.4 is 15.2 Å². The molecular weight excluding hydrogens is 390 g/mol. The van der Waals surface area contributed by atoms with Crippen LogP contribution in [0.3, 0.4) is 0 Å². The summed E-state index contributed by atoms with van der Waals surface area (Å²) >= 11 is 0. The fourth-order valence-electron chi connectivity index (χ4n) is 2.69. The van der Waals surface area contributed by atoms with Crippen LogP contribution in [0.4, 0.5) is 0 Å². The smallest absolute Gasteiger partial charge is 0.251 e. The largest absolute Gasteiger partial charge is 0.487 e. The van der Waals surface area contributed by atoms with Gasteiger partial charge in [0.2, 0.25) is 10.0 Å². The molecule has 0 spiro atoms. The van der Waals surface area contributed by atoms with E-state index in [0.717, 1.165) is 11.3 Å². The van der Waals surface area contributed by atoms with Crippen LogP contribution in [-0.2, 0) is 23.2 Å². The van der Waals surface area contributed by atoms with E-state index in [1.54, 1.807) is 19.2 Å². The molecule has 2 aromatic carbocycles. The number of aromatic nitrogens is 1. The van der Waals surface area contributed by atoms with Crippen LogP contribution in [0.25, 0.3) is 0 Å². The van der Waals surface area contributed by atoms with Gasteiger partial charge in [-0.3, -0.25) is 9.78 Å². The van der Waals surface area contributed by atoms with Gasteiger partial charge in [-0.05, 0) is 54.4 Å². The lowest BCUT2D eigenvalue weighted by Gasteiger charge is -2.11. The van der Waals surface area contributed by atoms with Crippen molar-refractivity contribution in [3.8, 4) is 5.75 Å². The number of nitrogens with one attached hydrogen (secondary N) is 1. The molecule has 0 saturated carbocycles. The van der Waals surface area contributed by atoms with Gasteiger partial charge in [0.1, 0.15) is 12.4 Å². The number of carbonyl (C=O) groups excluding carboxylic acids is 1. The van der Waals surface area contributed by atoms with Gasteiger partial charge >= 0.3 is 0 Å². The first kappa shape index (κ1) is 20.5. The summed E-state index contributed by atoms with van der Waals surface area (Å²) in [5, 5.41) is 7.94. The first-order chi connectivity index (χ1) is 13.8. The number of sulfonamides is 1. The minimum absolute atomic E-state index is 0.0989. The molecule has 3 rings (SSSR count). The molecule has 0 atom stereocenters. The van der Waals surface area contributed by atoms with Gasteiger partial charge in [-0.25, -0.2) is 13.6 Å². The predicted octanol–water partition coefficient (Wildman–Crippen LogP) is 2.55. The van der Waals surface area contributed by atoms with Crippen LogP contribution in [0.5, 0.6) is 5.75 Å². The molecule has 0 fully saturated rings. The second-order valence-electron chi connectivity index (χ2n) is 6.46. The number of benzene rings is 2. The summed E-state index contributed by atoms with van der Waals surface area (Å²) in [6.07, 6.45) is 1.71. The van der Waals surface area contributed by atoms with Crippen LogP contribution >= 0.6 is 0 Å². The first-order valence-corrected chi connectivity index (χ1v) is 10.4. The molecule has 0 saturated heterocycles. The Morgan fingerprint density at radius 3 is 2.66 bits per heavy atom. The van der Waals surface area contributed by atoms with Gasteiger partial charge in [0, 0.05) is 18.3 Å². The van der Waals surface area contributed by atoms with Gasteiger partial charge in [0.15, 0.2) is 0 Å². The van der Waals surface area contributed by atoms with Crippen molar-refractivity contribution in [2.45, 2.75) is 25.0 Å². The van der Waals surface area contributed by atoms with Gasteiger partial charge in [-0.1, -0.05) is 24.3 Å². The molecule has 1 aromatic heterocycles. The number of nitrogens with two attached hydrogens (primary N) is 1. The number of nitrogens with zero attached hydrogens (tertiary/aromatic N) is 1. The molecule has 0 bridgehead atoms. The molecule has 3 aromatic rings. The normalized spacial score (nSPS) is 11.1. The summed E-state index contributed by atoms with van der Waals surface area (Å²) in [4.78, 5) is 16.6. The summed E-state index contributed by atoms with van der Waals surface area (Å²) in [5.74, 6) is 0.280. The third kappa shape index (κ3) is 5.63. The van der Waals surface area contributed by atoms with Crippen LogP contribution in [0.2, 0.25) is 0 Å². The molecule has 7 nitrogen and oxygen atoms in total. The molecule has 8 heteroatoms. The lowest BCUT2D eigenvalue weighted by atomic mass is 10.1. The monoisotopic (exact) mass is 411 g/mol. The molecule has 0 aliphatic rings. The van der Waals surface area contributed by atoms with Crippen molar-refractivity contribution in [2.75, 3.05) is 0 Å². The summed E-state index contributed by atoms with van der Waals surface area (Å²) < 4.78 is 28.8. The predicted molar refractivity (Wildman–Crippen MR) is 109 cm³/mol. The van der Waals surface area contributed by atoms with Crippen molar-refractivity contribution in [1.82, 2.24) is 10.3 Å². The van der Waals surface area contributed by atoms with E-state index in [0.29, 0.717) is 17.9 Å². The number of primary sulfonamides is 1. The van der Waals surface area contributed by atoms with Crippen LogP contribution in [0.1, 0.15) is 27.2 Å². The summed E-state index contributed by atoms with van der Waals surface area (Å²) in [6.45, 7) is 2.34. The highest BCUT2D eigenvalue weighted by Crippen LogP contribution is 2.17. The minimum Gasteiger partial charge on any atom is -0.487 e. The van der Waals surface area contributed by atoms with Crippen LogP contribution in [-0.4, -0.2) is 19.3 Å². The fourth-order valence-corrected chi connectivity index (χ4v) is 3.23. The molecule has 0 aliphatic heterocycles. The fraction of sp³-hybridized carbons (Fsp3) is 0.143. The van der Waals surface area contributed by atoms with Gasteiger partial charge < -0.3 is 10.1 Å². The van der Waals surface area contributed by atoms with E-state index in [1.165, 1.54) is 12.1 Å². The summed E-state index contributed by atoms with van der Waals surface area (Å²) in [6, 6.07) is 17.2. The zero-order chi connectivity index (χ0) is 20.9. The van der Waals surface area contributed by atoms with E-state index in [-0.39, 0.29) is 22.9 Å². The summed E-state index contributed by atoms with van der Waals surface area (Å²) in [5.41, 5.74) is 2.58. The van der Waals surface area contributed by atoms with Gasteiger partial charge in [-0.2, -0.15) is 0 Å². The summed E-state index contributed by atoms with van der Waals surface area (Å²) in [7, 11) is -3.88. The van der Waals surface area contributed by atoms with E-state index >= 15 is 0 Å². The highest BCUT2D eigenvalue weighted by Gasteiger charge is 2.14. The zero-order valence-corrected chi connectivity index (χ0v) is 16.6.